The molecule has 2 bridgehead atoms. The van der Waals surface area contributed by atoms with E-state index in [2.05, 4.69) is 16.3 Å². The lowest BCUT2D eigenvalue weighted by molar-refractivity contribution is 0.176. The van der Waals surface area contributed by atoms with E-state index in [0.717, 1.165) is 42.4 Å². The summed E-state index contributed by atoms with van der Waals surface area (Å²) in [5.74, 6) is 0.529. The number of thiocarbonyl (C=S) groups is 1. The number of piperidine rings is 1. The molecule has 0 aliphatic carbocycles. The highest BCUT2D eigenvalue weighted by atomic mass is 32.1. The Labute approximate surface area is 157 Å². The van der Waals surface area contributed by atoms with Gasteiger partial charge in [0, 0.05) is 37.3 Å². The first kappa shape index (κ1) is 17.2. The molecule has 0 spiro atoms. The number of hydrogen-bond acceptors (Lipinski definition) is 2. The summed E-state index contributed by atoms with van der Waals surface area (Å²) in [6, 6.07) is 12.1. The van der Waals surface area contributed by atoms with Gasteiger partial charge >= 0.3 is 0 Å². The van der Waals surface area contributed by atoms with Gasteiger partial charge < -0.3 is 14.8 Å². The number of aromatic nitrogens is 1. The average Bonchev–Trinajstić information content (AvgIpc) is 2.63. The summed E-state index contributed by atoms with van der Waals surface area (Å²) < 4.78 is 15.0. The van der Waals surface area contributed by atoms with Crippen molar-refractivity contribution in [3.8, 4) is 0 Å². The molecule has 1 fully saturated rings. The standard InChI is InChI=1S/C20H22FN3OS/c1-13(15-5-7-17(21)8-6-15)22-20(26)23-10-14-9-16(12-23)18-3-2-4-19(25)24(18)11-14/h2-8,13-14,16H,9-12H2,1H3,(H,22,26)/t13-,14+,16+/m1/s1. The van der Waals surface area contributed by atoms with E-state index >= 15 is 0 Å². The third-order valence-corrected chi connectivity index (χ3v) is 5.85. The van der Waals surface area contributed by atoms with Crippen LogP contribution in [0.5, 0.6) is 0 Å². The van der Waals surface area contributed by atoms with E-state index in [9.17, 15) is 9.18 Å². The smallest absolute Gasteiger partial charge is 0.250 e. The Hall–Kier alpha value is -2.21. The van der Waals surface area contributed by atoms with Gasteiger partial charge in [0.25, 0.3) is 5.56 Å². The average molecular weight is 371 g/mol. The first-order valence-electron chi connectivity index (χ1n) is 9.02. The molecule has 26 heavy (non-hydrogen) atoms. The molecule has 0 saturated carbocycles. The van der Waals surface area contributed by atoms with Gasteiger partial charge in [-0.1, -0.05) is 18.2 Å². The number of likely N-dealkylation sites (tertiary alicyclic amines) is 1. The highest BCUT2D eigenvalue weighted by molar-refractivity contribution is 7.80. The van der Waals surface area contributed by atoms with Crippen molar-refractivity contribution < 1.29 is 4.39 Å². The summed E-state index contributed by atoms with van der Waals surface area (Å²) in [4.78, 5) is 14.3. The van der Waals surface area contributed by atoms with Crippen molar-refractivity contribution in [2.45, 2.75) is 31.8 Å². The van der Waals surface area contributed by atoms with Crippen molar-refractivity contribution in [2.75, 3.05) is 13.1 Å². The summed E-state index contributed by atoms with van der Waals surface area (Å²) in [5.41, 5.74) is 2.21. The number of rotatable bonds is 2. The zero-order chi connectivity index (χ0) is 18.3. The van der Waals surface area contributed by atoms with E-state index in [1.165, 1.54) is 12.1 Å². The second kappa shape index (κ2) is 6.83. The molecule has 2 aromatic rings. The maximum absolute atomic E-state index is 13.1. The van der Waals surface area contributed by atoms with Crippen molar-refractivity contribution >= 4 is 17.3 Å². The molecule has 136 valence electrons. The molecule has 4 nitrogen and oxygen atoms in total. The van der Waals surface area contributed by atoms with Crippen LogP contribution in [-0.2, 0) is 6.54 Å². The van der Waals surface area contributed by atoms with Crippen LogP contribution in [0.1, 0.15) is 36.6 Å². The van der Waals surface area contributed by atoms with E-state index in [4.69, 9.17) is 12.2 Å². The van der Waals surface area contributed by atoms with Crippen LogP contribution in [-0.4, -0.2) is 27.7 Å². The Morgan fingerprint density at radius 1 is 1.19 bits per heavy atom. The molecule has 4 rings (SSSR count). The molecule has 1 saturated heterocycles. The molecule has 0 amide bonds. The van der Waals surface area contributed by atoms with Gasteiger partial charge in [0.15, 0.2) is 5.11 Å². The molecule has 0 unspecified atom stereocenters. The lowest BCUT2D eigenvalue weighted by atomic mass is 9.83. The number of nitrogens with zero attached hydrogens (tertiary/aromatic N) is 2. The minimum absolute atomic E-state index is 0.0137. The summed E-state index contributed by atoms with van der Waals surface area (Å²) >= 11 is 5.65. The third kappa shape index (κ3) is 3.26. The number of nitrogens with one attached hydrogen (secondary N) is 1. The van der Waals surface area contributed by atoms with E-state index in [1.54, 1.807) is 18.2 Å². The van der Waals surface area contributed by atoms with Gasteiger partial charge in [-0.15, -0.1) is 0 Å². The Balaban J connectivity index is 1.47. The highest BCUT2D eigenvalue weighted by Gasteiger charge is 2.35. The van der Waals surface area contributed by atoms with Gasteiger partial charge in [-0.25, -0.2) is 4.39 Å². The minimum Gasteiger partial charge on any atom is -0.356 e. The van der Waals surface area contributed by atoms with Crippen LogP contribution in [0, 0.1) is 11.7 Å². The number of fused-ring (bicyclic) bond motifs is 4. The maximum atomic E-state index is 13.1. The molecule has 1 N–H and O–H groups in total. The van der Waals surface area contributed by atoms with E-state index < -0.39 is 0 Å². The lowest BCUT2D eigenvalue weighted by Crippen LogP contribution is -2.52. The first-order chi connectivity index (χ1) is 12.5. The summed E-state index contributed by atoms with van der Waals surface area (Å²) in [6.45, 7) is 4.47. The van der Waals surface area contributed by atoms with Crippen LogP contribution in [0.4, 0.5) is 4.39 Å². The van der Waals surface area contributed by atoms with Crippen LogP contribution in [0.2, 0.25) is 0 Å². The fourth-order valence-corrected chi connectivity index (χ4v) is 4.50. The third-order valence-electron chi connectivity index (χ3n) is 5.48. The zero-order valence-electron chi connectivity index (χ0n) is 14.7. The summed E-state index contributed by atoms with van der Waals surface area (Å²) in [6.07, 6.45) is 1.11. The normalized spacial score (nSPS) is 22.5. The van der Waals surface area contributed by atoms with Crippen LogP contribution >= 0.6 is 12.2 Å². The number of pyridine rings is 1. The summed E-state index contributed by atoms with van der Waals surface area (Å²) in [7, 11) is 0. The van der Waals surface area contributed by atoms with Crippen molar-refractivity contribution in [3.05, 3.63) is 69.9 Å². The van der Waals surface area contributed by atoms with Crippen molar-refractivity contribution in [1.29, 1.82) is 0 Å². The fraction of sp³-hybridized carbons (Fsp3) is 0.400. The van der Waals surface area contributed by atoms with E-state index in [0.29, 0.717) is 11.8 Å². The van der Waals surface area contributed by atoms with Crippen LogP contribution in [0.15, 0.2) is 47.3 Å². The Morgan fingerprint density at radius 3 is 2.73 bits per heavy atom. The highest BCUT2D eigenvalue weighted by Crippen LogP contribution is 2.35. The predicted molar refractivity (Wildman–Crippen MR) is 104 cm³/mol. The molecule has 1 aromatic carbocycles. The fourth-order valence-electron chi connectivity index (χ4n) is 4.17. The van der Waals surface area contributed by atoms with E-state index in [-0.39, 0.29) is 17.4 Å². The molecular formula is C20H22FN3OS. The first-order valence-corrected chi connectivity index (χ1v) is 9.42. The molecule has 3 heterocycles. The molecular weight excluding hydrogens is 349 g/mol. The quantitative estimate of drug-likeness (QED) is 0.824. The van der Waals surface area contributed by atoms with Gasteiger partial charge in [0.1, 0.15) is 5.82 Å². The number of halogens is 1. The SMILES string of the molecule is C[C@@H](NC(=S)N1C[C@@H]2C[C@@H](C1)c1cccc(=O)n1C2)c1ccc(F)cc1. The second-order valence-corrected chi connectivity index (χ2v) is 7.71. The van der Waals surface area contributed by atoms with E-state index in [1.807, 2.05) is 17.6 Å². The van der Waals surface area contributed by atoms with Crippen LogP contribution in [0.25, 0.3) is 0 Å². The van der Waals surface area contributed by atoms with Crippen molar-refractivity contribution in [3.63, 3.8) is 0 Å². The second-order valence-electron chi connectivity index (χ2n) is 7.33. The summed E-state index contributed by atoms with van der Waals surface area (Å²) in [5, 5.41) is 4.10. The van der Waals surface area contributed by atoms with Gasteiger partial charge in [-0.2, -0.15) is 0 Å². The largest absolute Gasteiger partial charge is 0.356 e. The monoisotopic (exact) mass is 371 g/mol. The molecule has 3 atom stereocenters. The number of benzene rings is 1. The Kier molecular flexibility index (Phi) is 4.53. The zero-order valence-corrected chi connectivity index (χ0v) is 15.5. The van der Waals surface area contributed by atoms with Gasteiger partial charge in [-0.3, -0.25) is 4.79 Å². The Morgan fingerprint density at radius 2 is 1.96 bits per heavy atom. The van der Waals surface area contributed by atoms with Gasteiger partial charge in [0.2, 0.25) is 0 Å². The van der Waals surface area contributed by atoms with Crippen molar-refractivity contribution in [1.82, 2.24) is 14.8 Å². The Bertz CT molecular complexity index is 879. The molecule has 1 aromatic heterocycles. The molecule has 2 aliphatic heterocycles. The van der Waals surface area contributed by atoms with Crippen LogP contribution in [0.3, 0.4) is 0 Å². The topological polar surface area (TPSA) is 37.3 Å². The maximum Gasteiger partial charge on any atom is 0.250 e. The van der Waals surface area contributed by atoms with Gasteiger partial charge in [-0.05, 0) is 55.2 Å². The molecule has 6 heteroatoms. The molecule has 2 aliphatic rings. The van der Waals surface area contributed by atoms with Crippen LogP contribution < -0.4 is 10.9 Å². The van der Waals surface area contributed by atoms with Crippen molar-refractivity contribution in [2.24, 2.45) is 5.92 Å². The lowest BCUT2D eigenvalue weighted by Gasteiger charge is -2.44. The predicted octanol–water partition coefficient (Wildman–Crippen LogP) is 3.04. The van der Waals surface area contributed by atoms with Gasteiger partial charge in [0.05, 0.1) is 6.04 Å². The minimum atomic E-state index is -0.235. The number of hydrogen-bond donors (Lipinski definition) is 1. The molecule has 0 radical (unpaired) electrons.